The highest BCUT2D eigenvalue weighted by Gasteiger charge is 2.12. The number of rotatable bonds is 5. The Balaban J connectivity index is 1.42. The Hall–Kier alpha value is -3.47. The standard InChI is InChI=1S/C22H17FN2O2/c23-20-11-4-3-10-19(20)21-13-17(25-27-21)14-24-22(26)12-16-8-5-7-15-6-1-2-9-18(15)16/h1-11,13H,12,14H2,(H,24,26). The van der Waals surface area contributed by atoms with Crippen molar-refractivity contribution in [1.29, 1.82) is 0 Å². The quantitative estimate of drug-likeness (QED) is 0.570. The Morgan fingerprint density at radius 2 is 1.78 bits per heavy atom. The fraction of sp³-hybridized carbons (Fsp3) is 0.0909. The molecule has 0 aliphatic carbocycles. The van der Waals surface area contributed by atoms with Crippen LogP contribution >= 0.6 is 0 Å². The van der Waals surface area contributed by atoms with Crippen LogP contribution in [0.4, 0.5) is 4.39 Å². The van der Waals surface area contributed by atoms with E-state index < -0.39 is 0 Å². The first-order valence-corrected chi connectivity index (χ1v) is 8.64. The average molecular weight is 360 g/mol. The van der Waals surface area contributed by atoms with E-state index in [9.17, 15) is 9.18 Å². The maximum Gasteiger partial charge on any atom is 0.224 e. The van der Waals surface area contributed by atoms with Gasteiger partial charge in [-0.2, -0.15) is 0 Å². The number of amides is 1. The van der Waals surface area contributed by atoms with Crippen LogP contribution in [0.5, 0.6) is 0 Å². The van der Waals surface area contributed by atoms with Crippen LogP contribution in [0.3, 0.4) is 0 Å². The number of halogens is 1. The molecule has 0 bridgehead atoms. The first-order valence-electron chi connectivity index (χ1n) is 8.64. The predicted octanol–water partition coefficient (Wildman–Crippen LogP) is 4.49. The number of fused-ring (bicyclic) bond motifs is 1. The molecule has 1 aromatic heterocycles. The van der Waals surface area contributed by atoms with Crippen LogP contribution < -0.4 is 5.32 Å². The zero-order valence-corrected chi connectivity index (χ0v) is 14.5. The van der Waals surface area contributed by atoms with Gasteiger partial charge in [-0.25, -0.2) is 4.39 Å². The predicted molar refractivity (Wildman–Crippen MR) is 101 cm³/mol. The third-order valence-electron chi connectivity index (χ3n) is 4.40. The van der Waals surface area contributed by atoms with Gasteiger partial charge in [0.1, 0.15) is 11.5 Å². The van der Waals surface area contributed by atoms with Crippen LogP contribution in [-0.4, -0.2) is 11.1 Å². The van der Waals surface area contributed by atoms with E-state index in [2.05, 4.69) is 10.5 Å². The lowest BCUT2D eigenvalue weighted by molar-refractivity contribution is -0.120. The minimum absolute atomic E-state index is 0.109. The molecule has 0 atom stereocenters. The lowest BCUT2D eigenvalue weighted by Crippen LogP contribution is -2.24. The van der Waals surface area contributed by atoms with E-state index in [0.29, 0.717) is 17.0 Å². The number of aromatic nitrogens is 1. The van der Waals surface area contributed by atoms with Crippen LogP contribution in [-0.2, 0) is 17.8 Å². The van der Waals surface area contributed by atoms with Gasteiger partial charge in [0.25, 0.3) is 0 Å². The second-order valence-electron chi connectivity index (χ2n) is 6.25. The molecule has 0 unspecified atom stereocenters. The van der Waals surface area contributed by atoms with Crippen LogP contribution in [0.25, 0.3) is 22.1 Å². The topological polar surface area (TPSA) is 55.1 Å². The number of hydrogen-bond acceptors (Lipinski definition) is 3. The summed E-state index contributed by atoms with van der Waals surface area (Å²) in [4.78, 5) is 12.3. The molecule has 4 rings (SSSR count). The molecule has 4 nitrogen and oxygen atoms in total. The third kappa shape index (κ3) is 3.72. The van der Waals surface area contributed by atoms with Crippen molar-refractivity contribution in [3.8, 4) is 11.3 Å². The number of carbonyl (C=O) groups is 1. The highest BCUT2D eigenvalue weighted by molar-refractivity contribution is 5.90. The van der Waals surface area contributed by atoms with Crippen molar-refractivity contribution in [3.05, 3.63) is 89.9 Å². The van der Waals surface area contributed by atoms with E-state index in [1.54, 1.807) is 24.3 Å². The van der Waals surface area contributed by atoms with Gasteiger partial charge in [-0.1, -0.05) is 59.8 Å². The normalized spacial score (nSPS) is 10.9. The van der Waals surface area contributed by atoms with Crippen molar-refractivity contribution in [1.82, 2.24) is 10.5 Å². The highest BCUT2D eigenvalue weighted by Crippen LogP contribution is 2.23. The van der Waals surface area contributed by atoms with E-state index in [0.717, 1.165) is 16.3 Å². The lowest BCUT2D eigenvalue weighted by atomic mass is 10.0. The zero-order valence-electron chi connectivity index (χ0n) is 14.5. The average Bonchev–Trinajstić information content (AvgIpc) is 3.16. The Kier molecular flexibility index (Phi) is 4.66. The Labute approximate surface area is 155 Å². The highest BCUT2D eigenvalue weighted by atomic mass is 19.1. The molecular formula is C22H17FN2O2. The Morgan fingerprint density at radius 1 is 1.00 bits per heavy atom. The summed E-state index contributed by atoms with van der Waals surface area (Å²) in [6.45, 7) is 0.224. The summed E-state index contributed by atoms with van der Waals surface area (Å²) < 4.78 is 19.0. The minimum Gasteiger partial charge on any atom is -0.356 e. The summed E-state index contributed by atoms with van der Waals surface area (Å²) in [5, 5.41) is 8.92. The van der Waals surface area contributed by atoms with Gasteiger partial charge in [-0.05, 0) is 28.5 Å². The molecule has 0 saturated carbocycles. The van der Waals surface area contributed by atoms with Gasteiger partial charge in [0.05, 0.1) is 18.5 Å². The molecule has 1 amide bonds. The van der Waals surface area contributed by atoms with Crippen molar-refractivity contribution in [2.24, 2.45) is 0 Å². The summed E-state index contributed by atoms with van der Waals surface area (Å²) in [6, 6.07) is 21.9. The molecular weight excluding hydrogens is 343 g/mol. The molecule has 0 radical (unpaired) electrons. The molecule has 4 aromatic rings. The molecule has 0 aliphatic heterocycles. The van der Waals surface area contributed by atoms with Crippen molar-refractivity contribution in [3.63, 3.8) is 0 Å². The van der Waals surface area contributed by atoms with E-state index >= 15 is 0 Å². The van der Waals surface area contributed by atoms with Gasteiger partial charge in [0, 0.05) is 6.07 Å². The number of nitrogens with zero attached hydrogens (tertiary/aromatic N) is 1. The molecule has 3 aromatic carbocycles. The molecule has 0 spiro atoms. The SMILES string of the molecule is O=C(Cc1cccc2ccccc12)NCc1cc(-c2ccccc2F)on1. The fourth-order valence-electron chi connectivity index (χ4n) is 3.05. The monoisotopic (exact) mass is 360 g/mol. The first-order chi connectivity index (χ1) is 13.2. The summed E-state index contributed by atoms with van der Waals surface area (Å²) in [5.41, 5.74) is 1.86. The smallest absolute Gasteiger partial charge is 0.224 e. The molecule has 0 saturated heterocycles. The largest absolute Gasteiger partial charge is 0.356 e. The van der Waals surface area contributed by atoms with Crippen LogP contribution in [0, 0.1) is 5.82 Å². The molecule has 1 N–H and O–H groups in total. The molecule has 5 heteroatoms. The van der Waals surface area contributed by atoms with Crippen molar-refractivity contribution < 1.29 is 13.7 Å². The Bertz CT molecular complexity index is 1100. The second-order valence-corrected chi connectivity index (χ2v) is 6.25. The number of carbonyl (C=O) groups excluding carboxylic acids is 1. The van der Waals surface area contributed by atoms with E-state index in [1.165, 1.54) is 6.07 Å². The summed E-state index contributed by atoms with van der Waals surface area (Å²) in [6.07, 6.45) is 0.277. The van der Waals surface area contributed by atoms with Gasteiger partial charge >= 0.3 is 0 Å². The van der Waals surface area contributed by atoms with E-state index in [1.807, 2.05) is 42.5 Å². The van der Waals surface area contributed by atoms with E-state index in [-0.39, 0.29) is 24.7 Å². The maximum atomic E-state index is 13.8. The molecule has 1 heterocycles. The van der Waals surface area contributed by atoms with Crippen LogP contribution in [0.1, 0.15) is 11.3 Å². The Morgan fingerprint density at radius 3 is 2.67 bits per heavy atom. The molecule has 134 valence electrons. The number of nitrogens with one attached hydrogen (secondary N) is 1. The van der Waals surface area contributed by atoms with Gasteiger partial charge in [-0.15, -0.1) is 0 Å². The zero-order chi connectivity index (χ0) is 18.6. The summed E-state index contributed by atoms with van der Waals surface area (Å²) in [7, 11) is 0. The van der Waals surface area contributed by atoms with Crippen LogP contribution in [0.15, 0.2) is 77.3 Å². The molecule has 27 heavy (non-hydrogen) atoms. The van der Waals surface area contributed by atoms with Crippen LogP contribution in [0.2, 0.25) is 0 Å². The van der Waals surface area contributed by atoms with Gasteiger partial charge in [-0.3, -0.25) is 4.79 Å². The molecule has 0 fully saturated rings. The van der Waals surface area contributed by atoms with Gasteiger partial charge in [0.2, 0.25) is 5.91 Å². The third-order valence-corrected chi connectivity index (χ3v) is 4.40. The fourth-order valence-corrected chi connectivity index (χ4v) is 3.05. The van der Waals surface area contributed by atoms with Crippen molar-refractivity contribution >= 4 is 16.7 Å². The van der Waals surface area contributed by atoms with E-state index in [4.69, 9.17) is 4.52 Å². The van der Waals surface area contributed by atoms with Gasteiger partial charge in [0.15, 0.2) is 5.76 Å². The lowest BCUT2D eigenvalue weighted by Gasteiger charge is -2.07. The van der Waals surface area contributed by atoms with Crippen molar-refractivity contribution in [2.45, 2.75) is 13.0 Å². The maximum absolute atomic E-state index is 13.8. The molecule has 0 aliphatic rings. The first kappa shape index (κ1) is 17.0. The minimum atomic E-state index is -0.375. The second kappa shape index (κ2) is 7.41. The summed E-state index contributed by atoms with van der Waals surface area (Å²) >= 11 is 0. The summed E-state index contributed by atoms with van der Waals surface area (Å²) in [5.74, 6) is -0.145. The number of hydrogen-bond donors (Lipinski definition) is 1. The van der Waals surface area contributed by atoms with Crippen molar-refractivity contribution in [2.75, 3.05) is 0 Å². The number of benzene rings is 3. The van der Waals surface area contributed by atoms with Gasteiger partial charge < -0.3 is 9.84 Å².